The average molecular weight is 262 g/mol. The zero-order chi connectivity index (χ0) is 12.8. The van der Waals surface area contributed by atoms with Crippen LogP contribution in [0.3, 0.4) is 0 Å². The molecule has 0 radical (unpaired) electrons. The van der Waals surface area contributed by atoms with Crippen LogP contribution in [0, 0.1) is 6.92 Å². The largest absolute Gasteiger partial charge is 0.392 e. The van der Waals surface area contributed by atoms with Crippen molar-refractivity contribution in [2.75, 3.05) is 6.54 Å². The van der Waals surface area contributed by atoms with E-state index in [0.29, 0.717) is 0 Å². The van der Waals surface area contributed by atoms with E-state index in [9.17, 15) is 0 Å². The predicted molar refractivity (Wildman–Crippen MR) is 74.6 cm³/mol. The fourth-order valence-electron chi connectivity index (χ4n) is 1.84. The molecular weight excluding hydrogens is 244 g/mol. The van der Waals surface area contributed by atoms with Gasteiger partial charge in [-0.2, -0.15) is 0 Å². The third kappa shape index (κ3) is 3.63. The number of benzene rings is 1. The van der Waals surface area contributed by atoms with Crippen molar-refractivity contribution in [2.24, 2.45) is 0 Å². The monoisotopic (exact) mass is 262 g/mol. The molecule has 0 unspecified atom stereocenters. The van der Waals surface area contributed by atoms with E-state index in [-0.39, 0.29) is 6.61 Å². The molecule has 1 aromatic carbocycles. The number of hydrogen-bond donors (Lipinski definition) is 2. The van der Waals surface area contributed by atoms with E-state index in [1.807, 2.05) is 23.7 Å². The smallest absolute Gasteiger partial charge is 0.0797 e. The van der Waals surface area contributed by atoms with Gasteiger partial charge in [0.1, 0.15) is 0 Å². The summed E-state index contributed by atoms with van der Waals surface area (Å²) >= 11 is 1.72. The number of rotatable bonds is 6. The number of thiazole rings is 1. The number of nitrogens with zero attached hydrogens (tertiary/aromatic N) is 1. The van der Waals surface area contributed by atoms with E-state index >= 15 is 0 Å². The quantitative estimate of drug-likeness (QED) is 0.785. The van der Waals surface area contributed by atoms with Gasteiger partial charge in [0, 0.05) is 18.0 Å². The molecule has 3 nitrogen and oxygen atoms in total. The highest BCUT2D eigenvalue weighted by Gasteiger charge is 2.00. The summed E-state index contributed by atoms with van der Waals surface area (Å²) in [6.45, 7) is 3.95. The molecule has 96 valence electrons. The van der Waals surface area contributed by atoms with Gasteiger partial charge in [0.15, 0.2) is 0 Å². The highest BCUT2D eigenvalue weighted by molar-refractivity contribution is 7.09. The fraction of sp³-hybridized carbons (Fsp3) is 0.357. The lowest BCUT2D eigenvalue weighted by Crippen LogP contribution is -2.16. The van der Waals surface area contributed by atoms with Gasteiger partial charge in [-0.25, -0.2) is 4.98 Å². The maximum atomic E-state index is 9.06. The molecule has 0 atom stereocenters. The summed E-state index contributed by atoms with van der Waals surface area (Å²) < 4.78 is 0. The fourth-order valence-corrected chi connectivity index (χ4v) is 2.62. The number of aromatic nitrogens is 1. The van der Waals surface area contributed by atoms with E-state index in [1.54, 1.807) is 11.3 Å². The number of hydrogen-bond acceptors (Lipinski definition) is 4. The molecular formula is C14H18N2OS. The van der Waals surface area contributed by atoms with E-state index in [4.69, 9.17) is 5.11 Å². The van der Waals surface area contributed by atoms with Crippen LogP contribution in [-0.4, -0.2) is 16.6 Å². The molecule has 0 saturated heterocycles. The van der Waals surface area contributed by atoms with Crippen LogP contribution in [0.25, 0.3) is 0 Å². The minimum absolute atomic E-state index is 0.105. The topological polar surface area (TPSA) is 45.2 Å². The molecule has 1 heterocycles. The zero-order valence-corrected chi connectivity index (χ0v) is 11.3. The predicted octanol–water partition coefficient (Wildman–Crippen LogP) is 2.28. The Bertz CT molecular complexity index is 496. The number of aliphatic hydroxyl groups is 1. The minimum Gasteiger partial charge on any atom is -0.392 e. The van der Waals surface area contributed by atoms with Crippen LogP contribution < -0.4 is 5.32 Å². The Morgan fingerprint density at radius 2 is 2.17 bits per heavy atom. The summed E-state index contributed by atoms with van der Waals surface area (Å²) in [6, 6.07) is 8.02. The first-order valence-corrected chi connectivity index (χ1v) is 6.96. The molecule has 18 heavy (non-hydrogen) atoms. The van der Waals surface area contributed by atoms with Crippen molar-refractivity contribution in [1.82, 2.24) is 10.3 Å². The van der Waals surface area contributed by atoms with Gasteiger partial charge in [0.05, 0.1) is 17.8 Å². The van der Waals surface area contributed by atoms with Gasteiger partial charge in [0.2, 0.25) is 0 Å². The third-order valence-corrected chi connectivity index (χ3v) is 3.87. The van der Waals surface area contributed by atoms with Crippen molar-refractivity contribution in [3.63, 3.8) is 0 Å². The molecule has 2 N–H and O–H groups in total. The first-order chi connectivity index (χ1) is 8.79. The Morgan fingerprint density at radius 3 is 2.89 bits per heavy atom. The lowest BCUT2D eigenvalue weighted by Gasteiger charge is -2.05. The van der Waals surface area contributed by atoms with Gasteiger partial charge in [0.25, 0.3) is 0 Å². The number of aliphatic hydroxyl groups excluding tert-OH is 1. The summed E-state index contributed by atoms with van der Waals surface area (Å²) in [4.78, 5) is 5.59. The molecule has 0 amide bonds. The maximum Gasteiger partial charge on any atom is 0.0797 e. The molecule has 1 aromatic heterocycles. The van der Waals surface area contributed by atoms with Gasteiger partial charge in [-0.05, 0) is 24.5 Å². The molecule has 4 heteroatoms. The van der Waals surface area contributed by atoms with Crippen LogP contribution >= 0.6 is 11.3 Å². The molecule has 2 rings (SSSR count). The van der Waals surface area contributed by atoms with Gasteiger partial charge >= 0.3 is 0 Å². The van der Waals surface area contributed by atoms with Crippen molar-refractivity contribution in [3.05, 3.63) is 51.5 Å². The van der Waals surface area contributed by atoms with Crippen LogP contribution in [0.15, 0.2) is 29.8 Å². The van der Waals surface area contributed by atoms with Crippen molar-refractivity contribution < 1.29 is 5.11 Å². The standard InChI is InChI=1S/C14H18N2OS/c1-11-14(18-10-16-11)5-6-15-8-12-3-2-4-13(7-12)9-17/h2-4,7,10,15,17H,5-6,8-9H2,1H3. The number of nitrogens with one attached hydrogen (secondary N) is 1. The summed E-state index contributed by atoms with van der Waals surface area (Å²) in [7, 11) is 0. The molecule has 0 spiro atoms. The second-order valence-corrected chi connectivity index (χ2v) is 5.21. The first kappa shape index (κ1) is 13.2. The van der Waals surface area contributed by atoms with Crippen LogP contribution in [0.5, 0.6) is 0 Å². The molecule has 0 aliphatic heterocycles. The molecule has 0 bridgehead atoms. The normalized spacial score (nSPS) is 10.8. The van der Waals surface area contributed by atoms with Crippen LogP contribution in [0.1, 0.15) is 21.7 Å². The van der Waals surface area contributed by atoms with Crippen LogP contribution in [-0.2, 0) is 19.6 Å². The van der Waals surface area contributed by atoms with E-state index < -0.39 is 0 Å². The third-order valence-electron chi connectivity index (χ3n) is 2.88. The van der Waals surface area contributed by atoms with Gasteiger partial charge < -0.3 is 10.4 Å². The Labute approximate surface area is 112 Å². The zero-order valence-electron chi connectivity index (χ0n) is 10.5. The van der Waals surface area contributed by atoms with Gasteiger partial charge in [-0.15, -0.1) is 11.3 Å². The van der Waals surface area contributed by atoms with Crippen molar-refractivity contribution in [3.8, 4) is 0 Å². The van der Waals surface area contributed by atoms with Crippen molar-refractivity contribution in [1.29, 1.82) is 0 Å². The highest BCUT2D eigenvalue weighted by atomic mass is 32.1. The summed E-state index contributed by atoms with van der Waals surface area (Å²) in [5.74, 6) is 0. The molecule has 2 aromatic rings. The van der Waals surface area contributed by atoms with Crippen LogP contribution in [0.4, 0.5) is 0 Å². The molecule has 0 fully saturated rings. The second kappa shape index (κ2) is 6.64. The highest BCUT2D eigenvalue weighted by Crippen LogP contribution is 2.12. The lowest BCUT2D eigenvalue weighted by molar-refractivity contribution is 0.281. The average Bonchev–Trinajstić information content (AvgIpc) is 2.81. The SMILES string of the molecule is Cc1ncsc1CCNCc1cccc(CO)c1. The second-order valence-electron chi connectivity index (χ2n) is 4.27. The van der Waals surface area contributed by atoms with E-state index in [2.05, 4.69) is 23.3 Å². The minimum atomic E-state index is 0.105. The molecule has 0 saturated carbocycles. The summed E-state index contributed by atoms with van der Waals surface area (Å²) in [5, 5.41) is 12.5. The Hall–Kier alpha value is -1.23. The Morgan fingerprint density at radius 1 is 1.33 bits per heavy atom. The van der Waals surface area contributed by atoms with E-state index in [0.717, 1.165) is 30.8 Å². The lowest BCUT2D eigenvalue weighted by atomic mass is 10.1. The Balaban J connectivity index is 1.76. The first-order valence-electron chi connectivity index (χ1n) is 6.08. The van der Waals surface area contributed by atoms with Crippen molar-refractivity contribution >= 4 is 11.3 Å². The van der Waals surface area contributed by atoms with E-state index in [1.165, 1.54) is 10.4 Å². The van der Waals surface area contributed by atoms with Gasteiger partial charge in [-0.3, -0.25) is 0 Å². The van der Waals surface area contributed by atoms with Crippen LogP contribution in [0.2, 0.25) is 0 Å². The maximum absolute atomic E-state index is 9.06. The summed E-state index contributed by atoms with van der Waals surface area (Å²) in [5.41, 5.74) is 5.22. The van der Waals surface area contributed by atoms with Gasteiger partial charge in [-0.1, -0.05) is 24.3 Å². The molecule has 0 aliphatic rings. The Kier molecular flexibility index (Phi) is 4.87. The molecule has 0 aliphatic carbocycles. The summed E-state index contributed by atoms with van der Waals surface area (Å²) in [6.07, 6.45) is 1.02. The van der Waals surface area contributed by atoms with Crippen molar-refractivity contribution in [2.45, 2.75) is 26.5 Å². The number of aryl methyl sites for hydroxylation is 1.